The third-order valence-corrected chi connectivity index (χ3v) is 12.2. The van der Waals surface area contributed by atoms with Gasteiger partial charge in [0, 0.05) is 18.2 Å². The van der Waals surface area contributed by atoms with Crippen molar-refractivity contribution >= 4 is 43.6 Å². The highest BCUT2D eigenvalue weighted by Crippen LogP contribution is 2.61. The SMILES string of the molecule is CC.CC.CC1(C)C2CC3OB(CNC(=O)C(CCCCN)NC(=O)CNC=O)OC3C1C2.CCCCc1ccc(-c2ccc(C(=O)NCCCCC(C)NC(=O)CNC=O)cc2)cc1.CCN. The molecule has 4 fully saturated rings. The second-order valence-electron chi connectivity index (χ2n) is 17.5. The van der Waals surface area contributed by atoms with Crippen molar-refractivity contribution in [1.82, 2.24) is 31.9 Å². The normalized spacial score (nSPS) is 18.6. The van der Waals surface area contributed by atoms with Crippen LogP contribution >= 0.6 is 0 Å². The van der Waals surface area contributed by atoms with E-state index in [9.17, 15) is 28.8 Å². The number of aryl methyl sites for hydroxylation is 1. The molecular formula is C51H87BN8O8. The van der Waals surface area contributed by atoms with Gasteiger partial charge in [0.1, 0.15) is 6.04 Å². The average Bonchev–Trinajstić information content (AvgIpc) is 3.78. The zero-order chi connectivity index (χ0) is 50.9. The molecule has 6 rings (SSSR count). The quantitative estimate of drug-likeness (QED) is 0.0367. The summed E-state index contributed by atoms with van der Waals surface area (Å²) in [4.78, 5) is 69.0. The summed E-state index contributed by atoms with van der Waals surface area (Å²) in [6, 6.07) is 15.7. The van der Waals surface area contributed by atoms with Gasteiger partial charge < -0.3 is 52.7 Å². The lowest BCUT2D eigenvalue weighted by Crippen LogP contribution is -2.59. The highest BCUT2D eigenvalue weighted by molar-refractivity contribution is 6.45. The Hall–Kier alpha value is -4.84. The standard InChI is InChI=1S/C26H35N3O3.C19H33BN4O5.C2H7N.2C2H6/c1-3-4-8-21-9-11-22(12-10-21)23-13-15-24(16-14-23)26(32)28-17-6-5-7-20(2)29-25(31)18-27-19-30;1-19(2)12-7-13(19)17-15(8-12)28-20(29-17)10-23-18(27)14(5-3-4-6-21)24-16(26)9-22-11-25;1-2-3;2*1-2/h9-16,19-20H,3-8,17-18H2,1-2H3,(H,27,30)(H,28,32)(H,29,31);11-15,17H,3-10,21H2,1-2H3,(H,22,25)(H,23,27)(H,24,26);2-3H2,1H3;2*1-2H3. The number of carbonyl (C=O) groups is 6. The molecule has 1 aliphatic heterocycles. The molecule has 2 aromatic carbocycles. The van der Waals surface area contributed by atoms with Crippen LogP contribution in [0.5, 0.6) is 0 Å². The molecule has 1 saturated heterocycles. The van der Waals surface area contributed by atoms with Gasteiger partial charge in [-0.15, -0.1) is 0 Å². The van der Waals surface area contributed by atoms with Crippen LogP contribution in [0, 0.1) is 17.3 Å². The van der Waals surface area contributed by atoms with Crippen molar-refractivity contribution in [2.24, 2.45) is 28.7 Å². The van der Waals surface area contributed by atoms with E-state index in [1.165, 1.54) is 24.8 Å². The van der Waals surface area contributed by atoms with Gasteiger partial charge in [-0.05, 0) is 130 Å². The van der Waals surface area contributed by atoms with Crippen LogP contribution in [-0.2, 0) is 39.7 Å². The largest absolute Gasteiger partial charge is 0.478 e. The Bertz CT molecular complexity index is 1740. The second kappa shape index (κ2) is 35.3. The average molecular weight is 951 g/mol. The Balaban J connectivity index is 0.000000603. The first-order valence-corrected chi connectivity index (χ1v) is 25.2. The highest BCUT2D eigenvalue weighted by Gasteiger charge is 2.61. The number of amides is 6. The first-order valence-electron chi connectivity index (χ1n) is 25.2. The first kappa shape index (κ1) is 61.2. The van der Waals surface area contributed by atoms with E-state index in [0.29, 0.717) is 61.6 Å². The Morgan fingerprint density at radius 3 is 1.90 bits per heavy atom. The molecule has 6 amide bonds. The van der Waals surface area contributed by atoms with Gasteiger partial charge in [-0.1, -0.05) is 98.2 Å². The summed E-state index contributed by atoms with van der Waals surface area (Å²) < 4.78 is 12.2. The van der Waals surface area contributed by atoms with Gasteiger partial charge in [0.15, 0.2) is 0 Å². The Kier molecular flexibility index (Phi) is 31.8. The molecule has 3 aliphatic carbocycles. The van der Waals surface area contributed by atoms with Crippen LogP contribution < -0.4 is 43.4 Å². The van der Waals surface area contributed by atoms with E-state index < -0.39 is 19.1 Å². The van der Waals surface area contributed by atoms with Gasteiger partial charge >= 0.3 is 7.12 Å². The number of benzene rings is 2. The molecule has 3 saturated carbocycles. The fourth-order valence-corrected chi connectivity index (χ4v) is 8.42. The van der Waals surface area contributed by atoms with Crippen LogP contribution in [0.2, 0.25) is 0 Å². The van der Waals surface area contributed by atoms with E-state index in [-0.39, 0.29) is 55.5 Å². The zero-order valence-corrected chi connectivity index (χ0v) is 42.8. The van der Waals surface area contributed by atoms with Crippen molar-refractivity contribution in [3.05, 3.63) is 59.7 Å². The van der Waals surface area contributed by atoms with E-state index in [0.717, 1.165) is 56.2 Å². The molecule has 68 heavy (non-hydrogen) atoms. The lowest BCUT2D eigenvalue weighted by Gasteiger charge is -2.60. The molecule has 1 heterocycles. The fraction of sp³-hybridized carbons (Fsp3) is 0.647. The van der Waals surface area contributed by atoms with Crippen molar-refractivity contribution in [1.29, 1.82) is 0 Å². The Morgan fingerprint density at radius 1 is 0.765 bits per heavy atom. The maximum Gasteiger partial charge on any atom is 0.478 e. The summed E-state index contributed by atoms with van der Waals surface area (Å²) in [5.41, 5.74) is 14.9. The number of carbonyl (C=O) groups excluding carboxylic acids is 6. The van der Waals surface area contributed by atoms with Crippen molar-refractivity contribution in [2.45, 2.75) is 157 Å². The number of hydrogen-bond acceptors (Lipinski definition) is 10. The predicted molar refractivity (Wildman–Crippen MR) is 273 cm³/mol. The molecular weight excluding hydrogens is 863 g/mol. The summed E-state index contributed by atoms with van der Waals surface area (Å²) in [7, 11) is -0.457. The van der Waals surface area contributed by atoms with Crippen LogP contribution in [0.15, 0.2) is 48.5 Å². The number of nitrogens with two attached hydrogens (primary N) is 2. The number of nitrogens with one attached hydrogen (secondary N) is 6. The Morgan fingerprint density at radius 2 is 1.34 bits per heavy atom. The minimum Gasteiger partial charge on any atom is -0.405 e. The molecule has 0 spiro atoms. The zero-order valence-electron chi connectivity index (χ0n) is 42.8. The van der Waals surface area contributed by atoms with Gasteiger partial charge in [0.05, 0.1) is 31.7 Å². The number of hydrogen-bond donors (Lipinski definition) is 8. The van der Waals surface area contributed by atoms with Gasteiger partial charge in [-0.3, -0.25) is 28.8 Å². The molecule has 10 N–H and O–H groups in total. The fourth-order valence-electron chi connectivity index (χ4n) is 8.42. The molecule has 0 aromatic heterocycles. The highest BCUT2D eigenvalue weighted by atomic mass is 16.7. The molecule has 0 radical (unpaired) electrons. The van der Waals surface area contributed by atoms with Gasteiger partial charge in [-0.25, -0.2) is 0 Å². The second-order valence-corrected chi connectivity index (χ2v) is 17.5. The van der Waals surface area contributed by atoms with Crippen LogP contribution in [0.4, 0.5) is 0 Å². The molecule has 6 atom stereocenters. The van der Waals surface area contributed by atoms with E-state index in [1.54, 1.807) is 0 Å². The molecule has 2 bridgehead atoms. The van der Waals surface area contributed by atoms with E-state index in [2.05, 4.69) is 76.9 Å². The maximum atomic E-state index is 12.6. The van der Waals surface area contributed by atoms with Crippen LogP contribution in [-0.4, -0.2) is 107 Å². The van der Waals surface area contributed by atoms with Crippen molar-refractivity contribution in [2.75, 3.05) is 39.2 Å². The molecule has 6 unspecified atom stereocenters. The van der Waals surface area contributed by atoms with Crippen LogP contribution in [0.3, 0.4) is 0 Å². The van der Waals surface area contributed by atoms with Gasteiger partial charge in [0.25, 0.3) is 5.91 Å². The summed E-state index contributed by atoms with van der Waals surface area (Å²) in [5.74, 6) is 0.231. The van der Waals surface area contributed by atoms with E-state index in [1.807, 2.05) is 65.8 Å². The molecule has 17 heteroatoms. The smallest absolute Gasteiger partial charge is 0.405 e. The summed E-state index contributed by atoms with van der Waals surface area (Å²) in [6.45, 7) is 20.3. The maximum absolute atomic E-state index is 12.6. The molecule has 4 aliphatic rings. The monoisotopic (exact) mass is 951 g/mol. The summed E-state index contributed by atoms with van der Waals surface area (Å²) in [6.07, 6.45) is 11.6. The van der Waals surface area contributed by atoms with E-state index in [4.69, 9.17) is 20.8 Å². The van der Waals surface area contributed by atoms with Crippen molar-refractivity contribution < 1.29 is 38.1 Å². The molecule has 382 valence electrons. The van der Waals surface area contributed by atoms with Crippen molar-refractivity contribution in [3.63, 3.8) is 0 Å². The minimum atomic E-state index is -0.682. The predicted octanol–water partition coefficient (Wildman–Crippen LogP) is 5.20. The van der Waals surface area contributed by atoms with Crippen LogP contribution in [0.25, 0.3) is 11.1 Å². The number of rotatable bonds is 25. The lowest BCUT2D eigenvalue weighted by atomic mass is 9.47. The lowest BCUT2D eigenvalue weighted by molar-refractivity contribution is -0.150. The topological polar surface area (TPSA) is 245 Å². The van der Waals surface area contributed by atoms with Crippen LogP contribution in [0.1, 0.15) is 142 Å². The van der Waals surface area contributed by atoms with Gasteiger partial charge in [0.2, 0.25) is 30.5 Å². The number of unbranched alkanes of at least 4 members (excludes halogenated alkanes) is 3. The Labute approximate surface area is 408 Å². The third-order valence-electron chi connectivity index (χ3n) is 12.2. The molecule has 2 aromatic rings. The molecule has 16 nitrogen and oxygen atoms in total. The summed E-state index contributed by atoms with van der Waals surface area (Å²) in [5, 5.41) is 15.9. The van der Waals surface area contributed by atoms with Gasteiger partial charge in [-0.2, -0.15) is 0 Å². The third kappa shape index (κ3) is 21.6. The minimum absolute atomic E-state index is 0.00699. The first-order chi connectivity index (χ1) is 32.8. The van der Waals surface area contributed by atoms with E-state index >= 15 is 0 Å². The van der Waals surface area contributed by atoms with Crippen molar-refractivity contribution in [3.8, 4) is 11.1 Å². The summed E-state index contributed by atoms with van der Waals surface area (Å²) >= 11 is 0.